The first kappa shape index (κ1) is 35.9. The third-order valence-electron chi connectivity index (χ3n) is 10.6. The smallest absolute Gasteiger partial charge is 0.257 e. The van der Waals surface area contributed by atoms with Gasteiger partial charge in [-0.05, 0) is 102 Å². The van der Waals surface area contributed by atoms with Gasteiger partial charge in [0, 0.05) is 23.5 Å². The highest BCUT2D eigenvalue weighted by Crippen LogP contribution is 2.38. The average Bonchev–Trinajstić information content (AvgIpc) is 3.62. The van der Waals surface area contributed by atoms with E-state index in [0.29, 0.717) is 47.2 Å². The zero-order valence-corrected chi connectivity index (χ0v) is 29.9. The number of hydrogen-bond donors (Lipinski definition) is 4. The van der Waals surface area contributed by atoms with Crippen LogP contribution in [0.25, 0.3) is 10.9 Å². The van der Waals surface area contributed by atoms with Crippen LogP contribution >= 0.6 is 0 Å². The van der Waals surface area contributed by atoms with Crippen molar-refractivity contribution in [3.8, 4) is 5.75 Å². The first-order chi connectivity index (χ1) is 22.9. The maximum absolute atomic E-state index is 14.7. The SMILES string of the molecule is CN[C@@H](C)C(=O)N[C@H](C(=O)N(C(=O)[C@@H]1CCCN1)c1cc2c(NC3CCC(N4CCC(C)CC4)CC3)ncnc2cc1OC)C(C)(C)C. The molecule has 0 spiro atoms. The molecular weight excluding hydrogens is 608 g/mol. The number of imide groups is 1. The summed E-state index contributed by atoms with van der Waals surface area (Å²) < 4.78 is 5.82. The number of carbonyl (C=O) groups excluding carboxylic acids is 3. The van der Waals surface area contributed by atoms with Crippen LogP contribution in [-0.4, -0.2) is 96.6 Å². The molecule has 5 rings (SSSR count). The third kappa shape index (κ3) is 8.09. The number of aromatic nitrogens is 2. The Bertz CT molecular complexity index is 1440. The van der Waals surface area contributed by atoms with Crippen molar-refractivity contribution in [2.45, 2.75) is 116 Å². The van der Waals surface area contributed by atoms with Gasteiger partial charge in [0.2, 0.25) is 5.91 Å². The van der Waals surface area contributed by atoms with Crippen LogP contribution in [0.15, 0.2) is 18.5 Å². The fourth-order valence-electron chi connectivity index (χ4n) is 7.27. The van der Waals surface area contributed by atoms with Gasteiger partial charge in [-0.25, -0.2) is 14.9 Å². The van der Waals surface area contributed by atoms with Crippen LogP contribution in [0.3, 0.4) is 0 Å². The topological polar surface area (TPSA) is 141 Å². The molecule has 2 saturated heterocycles. The van der Waals surface area contributed by atoms with Gasteiger partial charge in [-0.15, -0.1) is 0 Å². The number of carbonyl (C=O) groups is 3. The first-order valence-electron chi connectivity index (χ1n) is 17.8. The predicted octanol–water partition coefficient (Wildman–Crippen LogP) is 3.84. The molecule has 0 unspecified atom stereocenters. The zero-order chi connectivity index (χ0) is 34.6. The molecule has 1 saturated carbocycles. The number of nitrogens with one attached hydrogen (secondary N) is 4. The Kier molecular flexibility index (Phi) is 11.6. The molecule has 3 fully saturated rings. The zero-order valence-electron chi connectivity index (χ0n) is 29.9. The summed E-state index contributed by atoms with van der Waals surface area (Å²) in [6.07, 6.45) is 9.91. The van der Waals surface area contributed by atoms with Crippen LogP contribution in [0.1, 0.15) is 86.0 Å². The Labute approximate surface area is 285 Å². The largest absolute Gasteiger partial charge is 0.494 e. The van der Waals surface area contributed by atoms with E-state index in [9.17, 15) is 14.4 Å². The number of likely N-dealkylation sites (tertiary alicyclic amines) is 1. The molecule has 1 aromatic heterocycles. The predicted molar refractivity (Wildman–Crippen MR) is 189 cm³/mol. The van der Waals surface area contributed by atoms with Crippen molar-refractivity contribution in [2.75, 3.05) is 44.0 Å². The van der Waals surface area contributed by atoms with Crippen molar-refractivity contribution < 1.29 is 19.1 Å². The van der Waals surface area contributed by atoms with Crippen molar-refractivity contribution in [1.82, 2.24) is 30.8 Å². The summed E-state index contributed by atoms with van der Waals surface area (Å²) >= 11 is 0. The van der Waals surface area contributed by atoms with Gasteiger partial charge < -0.3 is 30.9 Å². The number of amides is 3. The van der Waals surface area contributed by atoms with Gasteiger partial charge in [-0.2, -0.15) is 0 Å². The number of nitrogens with zero attached hydrogens (tertiary/aromatic N) is 4. The van der Waals surface area contributed by atoms with Crippen LogP contribution < -0.4 is 30.9 Å². The molecule has 0 bridgehead atoms. The molecular formula is C36H56N8O4. The van der Waals surface area contributed by atoms with Gasteiger partial charge in [0.05, 0.1) is 30.4 Å². The van der Waals surface area contributed by atoms with Gasteiger partial charge in [-0.3, -0.25) is 14.4 Å². The lowest BCUT2D eigenvalue weighted by Crippen LogP contribution is -2.60. The molecule has 3 amide bonds. The molecule has 3 heterocycles. The maximum atomic E-state index is 14.7. The van der Waals surface area contributed by atoms with Crippen molar-refractivity contribution in [3.05, 3.63) is 18.5 Å². The molecule has 12 nitrogen and oxygen atoms in total. The van der Waals surface area contributed by atoms with Gasteiger partial charge >= 0.3 is 0 Å². The fraction of sp³-hybridized carbons (Fsp3) is 0.694. The van der Waals surface area contributed by atoms with Gasteiger partial charge in [0.25, 0.3) is 11.8 Å². The van der Waals surface area contributed by atoms with Crippen molar-refractivity contribution in [2.24, 2.45) is 11.3 Å². The van der Waals surface area contributed by atoms with Crippen LogP contribution in [0.4, 0.5) is 11.5 Å². The highest BCUT2D eigenvalue weighted by molar-refractivity contribution is 6.20. The van der Waals surface area contributed by atoms with Crippen LogP contribution in [0.5, 0.6) is 5.75 Å². The third-order valence-corrected chi connectivity index (χ3v) is 10.6. The van der Waals surface area contributed by atoms with E-state index >= 15 is 0 Å². The second-order valence-electron chi connectivity index (χ2n) is 15.1. The minimum Gasteiger partial charge on any atom is -0.494 e. The molecule has 264 valence electrons. The summed E-state index contributed by atoms with van der Waals surface area (Å²) in [7, 11) is 3.21. The Hall–Kier alpha value is -3.35. The normalized spacial score (nSPS) is 23.8. The molecule has 1 aliphatic carbocycles. The van der Waals surface area contributed by atoms with E-state index in [2.05, 4.69) is 43.1 Å². The fourth-order valence-corrected chi connectivity index (χ4v) is 7.27. The van der Waals surface area contributed by atoms with E-state index < -0.39 is 29.4 Å². The number of piperidine rings is 1. The standard InChI is InChI=1S/C36H56N8O4/c1-22-14-17-43(18-15-22)25-12-10-24(11-13-25)41-32-26-19-29(30(48-7)20-28(26)39-21-40-32)44(34(46)27-9-8-16-38-27)35(47)31(36(3,4)5)42-33(45)23(2)37-6/h19-25,27,31,37-38H,8-18H2,1-7H3,(H,42,45)(H,39,40,41)/t23-,24?,25?,27-,31+/m0/s1. The molecule has 2 aliphatic heterocycles. The average molecular weight is 665 g/mol. The van der Waals surface area contributed by atoms with Crippen LogP contribution in [-0.2, 0) is 14.4 Å². The molecule has 3 atom stereocenters. The Morgan fingerprint density at radius 2 is 1.75 bits per heavy atom. The Balaban J connectivity index is 1.47. The number of likely N-dealkylation sites (N-methyl/N-ethyl adjacent to an activating group) is 1. The summed E-state index contributed by atoms with van der Waals surface area (Å²) in [5.41, 5.74) is 0.249. The molecule has 3 aliphatic rings. The van der Waals surface area contributed by atoms with E-state index in [0.717, 1.165) is 38.0 Å². The lowest BCUT2D eigenvalue weighted by atomic mass is 9.85. The first-order valence-corrected chi connectivity index (χ1v) is 17.8. The number of ether oxygens (including phenoxy) is 1. The number of methoxy groups -OCH3 is 1. The lowest BCUT2D eigenvalue weighted by Gasteiger charge is -2.40. The van der Waals surface area contributed by atoms with E-state index in [1.54, 1.807) is 26.1 Å². The van der Waals surface area contributed by atoms with E-state index in [1.807, 2.05) is 20.8 Å². The summed E-state index contributed by atoms with van der Waals surface area (Å²) in [6, 6.07) is 2.39. The van der Waals surface area contributed by atoms with Crippen molar-refractivity contribution >= 4 is 40.1 Å². The maximum Gasteiger partial charge on any atom is 0.257 e. The van der Waals surface area contributed by atoms with Gasteiger partial charge in [-0.1, -0.05) is 27.7 Å². The van der Waals surface area contributed by atoms with E-state index in [-0.39, 0.29) is 17.9 Å². The summed E-state index contributed by atoms with van der Waals surface area (Å²) in [6.45, 7) is 12.8. The second-order valence-corrected chi connectivity index (χ2v) is 15.1. The summed E-state index contributed by atoms with van der Waals surface area (Å²) in [5, 5.41) is 13.5. The second kappa shape index (κ2) is 15.5. The Morgan fingerprint density at radius 1 is 1.04 bits per heavy atom. The number of anilines is 2. The molecule has 4 N–H and O–H groups in total. The minimum atomic E-state index is -0.991. The number of hydrogen-bond acceptors (Lipinski definition) is 10. The molecule has 1 aromatic carbocycles. The summed E-state index contributed by atoms with van der Waals surface area (Å²) in [4.78, 5) is 55.1. The van der Waals surface area contributed by atoms with Crippen molar-refractivity contribution in [1.29, 1.82) is 0 Å². The molecule has 0 radical (unpaired) electrons. The number of fused-ring (bicyclic) bond motifs is 1. The highest BCUT2D eigenvalue weighted by Gasteiger charge is 2.42. The lowest BCUT2D eigenvalue weighted by molar-refractivity contribution is -0.134. The number of benzene rings is 1. The minimum absolute atomic E-state index is 0.255. The van der Waals surface area contributed by atoms with Gasteiger partial charge in [0.1, 0.15) is 23.9 Å². The molecule has 12 heteroatoms. The highest BCUT2D eigenvalue weighted by atomic mass is 16.5. The van der Waals surface area contributed by atoms with E-state index in [1.165, 1.54) is 44.3 Å². The van der Waals surface area contributed by atoms with Crippen LogP contribution in [0, 0.1) is 11.3 Å². The molecule has 2 aromatic rings. The van der Waals surface area contributed by atoms with Crippen LogP contribution in [0.2, 0.25) is 0 Å². The summed E-state index contributed by atoms with van der Waals surface area (Å²) in [5.74, 6) is 0.605. The quantitative estimate of drug-likeness (QED) is 0.296. The molecule has 48 heavy (non-hydrogen) atoms. The Morgan fingerprint density at radius 3 is 2.35 bits per heavy atom. The monoisotopic (exact) mass is 664 g/mol. The van der Waals surface area contributed by atoms with Crippen molar-refractivity contribution in [3.63, 3.8) is 0 Å². The van der Waals surface area contributed by atoms with Gasteiger partial charge in [0.15, 0.2) is 0 Å². The van der Waals surface area contributed by atoms with E-state index in [4.69, 9.17) is 4.74 Å². The number of rotatable bonds is 10.